The number of hydrogen-bond donors (Lipinski definition) is 2. The van der Waals surface area contributed by atoms with Crippen LogP contribution >= 0.6 is 0 Å². The molecule has 20 heavy (non-hydrogen) atoms. The molecule has 1 aromatic carbocycles. The number of rotatable bonds is 7. The Hall–Kier alpha value is -2.04. The first kappa shape index (κ1) is 16.0. The molecular weight excluding hydrogens is 258 g/mol. The molecule has 110 valence electrons. The van der Waals surface area contributed by atoms with Crippen molar-refractivity contribution < 1.29 is 19.4 Å². The van der Waals surface area contributed by atoms with Gasteiger partial charge in [0.05, 0.1) is 0 Å². The summed E-state index contributed by atoms with van der Waals surface area (Å²) in [6.07, 6.45) is 0.0398. The lowest BCUT2D eigenvalue weighted by Gasteiger charge is -2.12. The highest BCUT2D eigenvalue weighted by molar-refractivity contribution is 5.77. The topological polar surface area (TPSA) is 75.6 Å². The van der Waals surface area contributed by atoms with Gasteiger partial charge in [-0.05, 0) is 37.0 Å². The lowest BCUT2D eigenvalue weighted by Crippen LogP contribution is -2.33. The molecule has 0 heterocycles. The van der Waals surface area contributed by atoms with E-state index in [9.17, 15) is 9.59 Å². The van der Waals surface area contributed by atoms with Gasteiger partial charge in [-0.25, -0.2) is 0 Å². The Bertz CT molecular complexity index is 485. The van der Waals surface area contributed by atoms with Gasteiger partial charge in [0.2, 0.25) is 0 Å². The minimum atomic E-state index is -0.863. The zero-order valence-electron chi connectivity index (χ0n) is 12.1. The van der Waals surface area contributed by atoms with E-state index in [4.69, 9.17) is 9.84 Å². The van der Waals surface area contributed by atoms with E-state index < -0.39 is 5.97 Å². The average molecular weight is 279 g/mol. The highest BCUT2D eigenvalue weighted by Gasteiger charge is 2.10. The predicted molar refractivity (Wildman–Crippen MR) is 75.8 cm³/mol. The fraction of sp³-hybridized carbons (Fsp3) is 0.467. The van der Waals surface area contributed by atoms with Crippen molar-refractivity contribution in [3.8, 4) is 5.75 Å². The molecule has 1 aromatic rings. The molecular formula is C15H21NO4. The number of carboxylic acid groups (broad SMARTS) is 1. The van der Waals surface area contributed by atoms with Crippen molar-refractivity contribution in [2.45, 2.75) is 27.2 Å². The summed E-state index contributed by atoms with van der Waals surface area (Å²) in [7, 11) is 0. The Kier molecular flexibility index (Phi) is 6.03. The molecule has 0 aliphatic rings. The van der Waals surface area contributed by atoms with Gasteiger partial charge in [0, 0.05) is 13.0 Å². The van der Waals surface area contributed by atoms with Gasteiger partial charge in [0.25, 0.3) is 5.91 Å². The van der Waals surface area contributed by atoms with Gasteiger partial charge in [0.15, 0.2) is 6.61 Å². The van der Waals surface area contributed by atoms with Crippen molar-refractivity contribution in [2.24, 2.45) is 5.92 Å². The first-order valence-corrected chi connectivity index (χ1v) is 6.57. The van der Waals surface area contributed by atoms with Crippen LogP contribution in [0.4, 0.5) is 0 Å². The molecule has 0 radical (unpaired) electrons. The molecule has 0 aromatic heterocycles. The average Bonchev–Trinajstić information content (AvgIpc) is 2.36. The first-order valence-electron chi connectivity index (χ1n) is 6.57. The highest BCUT2D eigenvalue weighted by atomic mass is 16.5. The summed E-state index contributed by atoms with van der Waals surface area (Å²) in [6, 6.07) is 5.81. The molecule has 0 spiro atoms. The Labute approximate surface area is 118 Å². The van der Waals surface area contributed by atoms with Crippen LogP contribution in [0.25, 0.3) is 0 Å². The lowest BCUT2D eigenvalue weighted by atomic mass is 10.1. The van der Waals surface area contributed by atoms with Gasteiger partial charge in [-0.3, -0.25) is 9.59 Å². The molecule has 1 unspecified atom stereocenters. The molecule has 0 bridgehead atoms. The van der Waals surface area contributed by atoms with Gasteiger partial charge < -0.3 is 15.2 Å². The van der Waals surface area contributed by atoms with E-state index in [-0.39, 0.29) is 24.9 Å². The van der Waals surface area contributed by atoms with E-state index in [1.165, 1.54) is 0 Å². The Morgan fingerprint density at radius 2 is 2.05 bits per heavy atom. The SMILES string of the molecule is Cc1ccc(C)c(OCC(=O)NCC(C)CC(=O)O)c1. The number of carboxylic acids is 1. The van der Waals surface area contributed by atoms with Gasteiger partial charge in [-0.2, -0.15) is 0 Å². The molecule has 1 amide bonds. The second-order valence-electron chi connectivity index (χ2n) is 5.06. The number of hydrogen-bond acceptors (Lipinski definition) is 3. The second-order valence-corrected chi connectivity index (χ2v) is 5.06. The van der Waals surface area contributed by atoms with Crippen LogP contribution in [-0.2, 0) is 9.59 Å². The van der Waals surface area contributed by atoms with Crippen molar-refractivity contribution in [2.75, 3.05) is 13.2 Å². The number of amides is 1. The Morgan fingerprint density at radius 3 is 2.70 bits per heavy atom. The third-order valence-corrected chi connectivity index (χ3v) is 2.87. The quantitative estimate of drug-likeness (QED) is 0.799. The summed E-state index contributed by atoms with van der Waals surface area (Å²) < 4.78 is 5.46. The van der Waals surface area contributed by atoms with E-state index in [0.29, 0.717) is 12.3 Å². The predicted octanol–water partition coefficient (Wildman–Crippen LogP) is 1.91. The normalized spacial score (nSPS) is 11.8. The van der Waals surface area contributed by atoms with Crippen molar-refractivity contribution >= 4 is 11.9 Å². The van der Waals surface area contributed by atoms with Gasteiger partial charge in [0.1, 0.15) is 5.75 Å². The first-order chi connectivity index (χ1) is 9.38. The minimum absolute atomic E-state index is 0.0398. The van der Waals surface area contributed by atoms with Crippen molar-refractivity contribution in [3.05, 3.63) is 29.3 Å². The van der Waals surface area contributed by atoms with Crippen molar-refractivity contribution in [1.29, 1.82) is 0 Å². The number of aryl methyl sites for hydroxylation is 2. The number of aliphatic carboxylic acids is 1. The molecule has 1 rings (SSSR count). The molecule has 0 aliphatic carbocycles. The standard InChI is InChI=1S/C15H21NO4/c1-10-4-5-12(3)13(6-10)20-9-14(17)16-8-11(2)7-15(18)19/h4-6,11H,7-9H2,1-3H3,(H,16,17)(H,18,19). The van der Waals surface area contributed by atoms with Crippen LogP contribution in [-0.4, -0.2) is 30.1 Å². The van der Waals surface area contributed by atoms with Crippen LogP contribution in [0.15, 0.2) is 18.2 Å². The van der Waals surface area contributed by atoms with Crippen molar-refractivity contribution in [3.63, 3.8) is 0 Å². The summed E-state index contributed by atoms with van der Waals surface area (Å²) in [5.74, 6) is -0.516. The second kappa shape index (κ2) is 7.53. The monoisotopic (exact) mass is 279 g/mol. The maximum atomic E-state index is 11.6. The van der Waals surface area contributed by atoms with Crippen molar-refractivity contribution in [1.82, 2.24) is 5.32 Å². The van der Waals surface area contributed by atoms with Crippen LogP contribution in [0.5, 0.6) is 5.75 Å². The smallest absolute Gasteiger partial charge is 0.303 e. The molecule has 2 N–H and O–H groups in total. The fourth-order valence-electron chi connectivity index (χ4n) is 1.72. The maximum Gasteiger partial charge on any atom is 0.303 e. The summed E-state index contributed by atoms with van der Waals surface area (Å²) in [6.45, 7) is 5.92. The van der Waals surface area contributed by atoms with Crippen LogP contribution < -0.4 is 10.1 Å². The van der Waals surface area contributed by atoms with Gasteiger partial charge in [-0.15, -0.1) is 0 Å². The third kappa shape index (κ3) is 5.73. The molecule has 1 atom stereocenters. The molecule has 5 nitrogen and oxygen atoms in total. The summed E-state index contributed by atoms with van der Waals surface area (Å²) in [5.41, 5.74) is 2.05. The Morgan fingerprint density at radius 1 is 1.35 bits per heavy atom. The van der Waals surface area contributed by atoms with E-state index in [2.05, 4.69) is 5.32 Å². The molecule has 5 heteroatoms. The van der Waals surface area contributed by atoms with E-state index in [0.717, 1.165) is 11.1 Å². The van der Waals surface area contributed by atoms with Crippen LogP contribution in [0.3, 0.4) is 0 Å². The summed E-state index contributed by atoms with van der Waals surface area (Å²) >= 11 is 0. The van der Waals surface area contributed by atoms with Crippen LogP contribution in [0.2, 0.25) is 0 Å². The molecule has 0 saturated heterocycles. The number of ether oxygens (including phenoxy) is 1. The minimum Gasteiger partial charge on any atom is -0.483 e. The maximum absolute atomic E-state index is 11.6. The highest BCUT2D eigenvalue weighted by Crippen LogP contribution is 2.18. The van der Waals surface area contributed by atoms with Crippen LogP contribution in [0, 0.1) is 19.8 Å². The van der Waals surface area contributed by atoms with E-state index in [1.807, 2.05) is 32.0 Å². The number of nitrogens with one attached hydrogen (secondary N) is 1. The number of benzene rings is 1. The summed E-state index contributed by atoms with van der Waals surface area (Å²) in [5, 5.41) is 11.3. The van der Waals surface area contributed by atoms with Gasteiger partial charge >= 0.3 is 5.97 Å². The largest absolute Gasteiger partial charge is 0.483 e. The zero-order chi connectivity index (χ0) is 15.1. The Balaban J connectivity index is 2.36. The number of carbonyl (C=O) groups is 2. The van der Waals surface area contributed by atoms with Gasteiger partial charge in [-0.1, -0.05) is 19.1 Å². The fourth-order valence-corrected chi connectivity index (χ4v) is 1.72. The molecule has 0 saturated carbocycles. The lowest BCUT2D eigenvalue weighted by molar-refractivity contribution is -0.138. The zero-order valence-corrected chi connectivity index (χ0v) is 12.1. The molecule has 0 aliphatic heterocycles. The molecule has 0 fully saturated rings. The number of carbonyl (C=O) groups excluding carboxylic acids is 1. The van der Waals surface area contributed by atoms with E-state index in [1.54, 1.807) is 6.92 Å². The summed E-state index contributed by atoms with van der Waals surface area (Å²) in [4.78, 5) is 22.1. The third-order valence-electron chi connectivity index (χ3n) is 2.87. The van der Waals surface area contributed by atoms with E-state index >= 15 is 0 Å². The van der Waals surface area contributed by atoms with Crippen LogP contribution in [0.1, 0.15) is 24.5 Å².